The Kier molecular flexibility index (Phi) is 34.3. The molecule has 2 aliphatic rings. The van der Waals surface area contributed by atoms with E-state index in [1.807, 2.05) is 13.8 Å². The van der Waals surface area contributed by atoms with Crippen LogP contribution in [0.15, 0.2) is 0 Å². The number of carbonyl (C=O) groups is 10. The molecule has 458 valence electrons. The number of carboxylic acid groups (broad SMARTS) is 1. The summed E-state index contributed by atoms with van der Waals surface area (Å²) in [5.74, 6) is -7.45. The minimum absolute atomic E-state index is 0.0603. The number of nitrogens with zero attached hydrogens (tertiary/aromatic N) is 1. The molecule has 2 rings (SSSR count). The fourth-order valence-electron chi connectivity index (χ4n) is 9.57. The Morgan fingerprint density at radius 2 is 0.875 bits per heavy atom. The van der Waals surface area contributed by atoms with Crippen LogP contribution >= 0.6 is 0 Å². The van der Waals surface area contributed by atoms with E-state index in [2.05, 4.69) is 47.9 Å². The van der Waals surface area contributed by atoms with Gasteiger partial charge >= 0.3 is 5.97 Å². The Bertz CT molecular complexity index is 1960. The average Bonchev–Trinajstić information content (AvgIpc) is 4.15. The third-order valence-electron chi connectivity index (χ3n) is 14.2. The van der Waals surface area contributed by atoms with Crippen LogP contribution in [0.3, 0.4) is 0 Å². The number of nitrogens with two attached hydrogens (primary N) is 5. The maximum atomic E-state index is 14.3. The summed E-state index contributed by atoms with van der Waals surface area (Å²) in [5, 5.41) is 45.2. The standard InChI is InChI=1S/C53H99N15O12/c1-32(2)31-41(53(79)80)66-49(75)38(19-7-12-26-56)64-47(73)37(18-6-11-25-55)61-44(70)33(3)60-46(72)36(17-5-10-24-54)63-48(74)39(20-8-13-27-57)65-51(77)42-23-16-30-68(42)52(78)43(34(4)69)67-50(76)40(21-9-14-28-58)62-45(71)35-22-15-29-59-35/h32-43,59,69H,5-31,54-58H2,1-4H3,(H,60,72)(H,61,70)(H,62,71)(H,63,74)(H,64,73)(H,65,77)(H,66,75)(H,67,76)(H,79,80)/t33-,34+,35-,36-,37-,38-,39-,40-,41-,42-,43-/m0/s1. The largest absolute Gasteiger partial charge is 0.480 e. The van der Waals surface area contributed by atoms with Gasteiger partial charge in [0, 0.05) is 6.54 Å². The first kappa shape index (κ1) is 70.5. The SMILES string of the molecule is CC(C)C[C@H](NC(=O)[C@H](CCCCN)NC(=O)[C@H](CCCCN)NC(=O)[C@H](C)NC(=O)[C@H](CCCCN)NC(=O)[C@H](CCCCN)NC(=O)[C@@H]1CCCN1C(=O)[C@@H](NC(=O)[C@H](CCCCN)NC(=O)[C@@H]1CCCN1)[C@@H](C)O)C(=O)O. The zero-order valence-electron chi connectivity index (χ0n) is 47.8. The van der Waals surface area contributed by atoms with Crippen molar-refractivity contribution in [1.82, 2.24) is 52.8 Å². The van der Waals surface area contributed by atoms with Crippen molar-refractivity contribution in [2.45, 2.75) is 223 Å². The van der Waals surface area contributed by atoms with Crippen molar-refractivity contribution in [3.05, 3.63) is 0 Å². The molecule has 0 aliphatic carbocycles. The Hall–Kier alpha value is -5.58. The minimum Gasteiger partial charge on any atom is -0.480 e. The Morgan fingerprint density at radius 3 is 1.26 bits per heavy atom. The molecule has 21 N–H and O–H groups in total. The van der Waals surface area contributed by atoms with Crippen molar-refractivity contribution in [1.29, 1.82) is 0 Å². The summed E-state index contributed by atoms with van der Waals surface area (Å²) in [6.45, 7) is 8.63. The quantitative estimate of drug-likeness (QED) is 0.0268. The van der Waals surface area contributed by atoms with Crippen molar-refractivity contribution < 1.29 is 58.2 Å². The highest BCUT2D eigenvalue weighted by molar-refractivity contribution is 5.98. The van der Waals surface area contributed by atoms with Crippen LogP contribution in [-0.4, -0.2) is 187 Å². The highest BCUT2D eigenvalue weighted by atomic mass is 16.4. The van der Waals surface area contributed by atoms with Crippen molar-refractivity contribution in [3.63, 3.8) is 0 Å². The van der Waals surface area contributed by atoms with Crippen LogP contribution in [0.25, 0.3) is 0 Å². The third kappa shape index (κ3) is 25.5. The molecule has 0 aromatic rings. The van der Waals surface area contributed by atoms with Gasteiger partial charge in [-0.2, -0.15) is 0 Å². The van der Waals surface area contributed by atoms with E-state index < -0.39 is 120 Å². The van der Waals surface area contributed by atoms with Gasteiger partial charge in [0.2, 0.25) is 53.2 Å². The van der Waals surface area contributed by atoms with Crippen LogP contribution in [0.2, 0.25) is 0 Å². The number of nitrogens with one attached hydrogen (secondary N) is 9. The molecular formula is C53H99N15O12. The number of aliphatic hydroxyl groups is 1. The first-order valence-corrected chi connectivity index (χ1v) is 29.0. The Balaban J connectivity index is 2.30. The molecule has 0 saturated carbocycles. The van der Waals surface area contributed by atoms with Gasteiger partial charge in [-0.3, -0.25) is 43.2 Å². The second kappa shape index (κ2) is 39.0. The van der Waals surface area contributed by atoms with E-state index in [0.29, 0.717) is 103 Å². The highest BCUT2D eigenvalue weighted by Gasteiger charge is 2.42. The van der Waals surface area contributed by atoms with Gasteiger partial charge in [-0.05, 0) is 187 Å². The number of amides is 9. The van der Waals surface area contributed by atoms with E-state index >= 15 is 0 Å². The van der Waals surface area contributed by atoms with Crippen LogP contribution in [0.5, 0.6) is 0 Å². The molecule has 0 bridgehead atoms. The van der Waals surface area contributed by atoms with Gasteiger partial charge in [-0.1, -0.05) is 13.8 Å². The zero-order valence-corrected chi connectivity index (χ0v) is 47.8. The van der Waals surface area contributed by atoms with Gasteiger partial charge in [-0.15, -0.1) is 0 Å². The second-order valence-corrected chi connectivity index (χ2v) is 21.6. The molecule has 80 heavy (non-hydrogen) atoms. The molecule has 9 amide bonds. The van der Waals surface area contributed by atoms with E-state index in [1.165, 1.54) is 18.7 Å². The van der Waals surface area contributed by atoms with Crippen molar-refractivity contribution in [2.75, 3.05) is 45.8 Å². The third-order valence-corrected chi connectivity index (χ3v) is 14.2. The summed E-state index contributed by atoms with van der Waals surface area (Å²) < 4.78 is 0. The molecule has 0 aromatic heterocycles. The van der Waals surface area contributed by atoms with Crippen LogP contribution in [0.4, 0.5) is 0 Å². The van der Waals surface area contributed by atoms with Gasteiger partial charge in [0.15, 0.2) is 0 Å². The van der Waals surface area contributed by atoms with Crippen LogP contribution in [0, 0.1) is 5.92 Å². The lowest BCUT2D eigenvalue weighted by atomic mass is 10.0. The first-order valence-electron chi connectivity index (χ1n) is 29.0. The van der Waals surface area contributed by atoms with Crippen molar-refractivity contribution >= 4 is 59.1 Å². The molecule has 0 radical (unpaired) electrons. The van der Waals surface area contributed by atoms with Crippen LogP contribution < -0.4 is 76.5 Å². The number of likely N-dealkylation sites (tertiary alicyclic amines) is 1. The second-order valence-electron chi connectivity index (χ2n) is 21.6. The molecule has 2 aliphatic heterocycles. The highest BCUT2D eigenvalue weighted by Crippen LogP contribution is 2.21. The lowest BCUT2D eigenvalue weighted by Crippen LogP contribution is -2.61. The summed E-state index contributed by atoms with van der Waals surface area (Å²) >= 11 is 0. The molecule has 0 spiro atoms. The van der Waals surface area contributed by atoms with Crippen LogP contribution in [0.1, 0.15) is 156 Å². The van der Waals surface area contributed by atoms with E-state index in [4.69, 9.17) is 28.7 Å². The molecule has 0 aromatic carbocycles. The number of carboxylic acids is 1. The predicted molar refractivity (Wildman–Crippen MR) is 300 cm³/mol. The summed E-state index contributed by atoms with van der Waals surface area (Å²) in [6, 6.07) is -11.4. The summed E-state index contributed by atoms with van der Waals surface area (Å²) in [5.41, 5.74) is 28.7. The molecule has 27 heteroatoms. The Labute approximate surface area is 471 Å². The van der Waals surface area contributed by atoms with E-state index in [9.17, 15) is 58.2 Å². The molecular weight excluding hydrogens is 1040 g/mol. The minimum atomic E-state index is -1.49. The van der Waals surface area contributed by atoms with Gasteiger partial charge in [0.05, 0.1) is 12.1 Å². The summed E-state index contributed by atoms with van der Waals surface area (Å²) in [4.78, 5) is 138. The maximum absolute atomic E-state index is 14.3. The number of carbonyl (C=O) groups excluding carboxylic acids is 9. The number of unbranched alkanes of at least 4 members (excludes halogenated alkanes) is 5. The van der Waals surface area contributed by atoms with Crippen LogP contribution in [-0.2, 0) is 47.9 Å². The van der Waals surface area contributed by atoms with Gasteiger partial charge < -0.3 is 91.6 Å². The average molecular weight is 1140 g/mol. The number of rotatable bonds is 41. The predicted octanol–water partition coefficient (Wildman–Crippen LogP) is -3.22. The lowest BCUT2D eigenvalue weighted by Gasteiger charge is -2.32. The van der Waals surface area contributed by atoms with Crippen molar-refractivity contribution in [3.8, 4) is 0 Å². The zero-order chi connectivity index (χ0) is 59.7. The summed E-state index contributed by atoms with van der Waals surface area (Å²) in [7, 11) is 0. The number of hydrogen-bond donors (Lipinski definition) is 16. The van der Waals surface area contributed by atoms with Gasteiger partial charge in [0.25, 0.3) is 0 Å². The van der Waals surface area contributed by atoms with Gasteiger partial charge in [-0.25, -0.2) is 4.79 Å². The monoisotopic (exact) mass is 1140 g/mol. The van der Waals surface area contributed by atoms with E-state index in [-0.39, 0.29) is 76.4 Å². The van der Waals surface area contributed by atoms with Crippen molar-refractivity contribution in [2.24, 2.45) is 34.6 Å². The Morgan fingerprint density at radius 1 is 0.487 bits per heavy atom. The fraction of sp³-hybridized carbons (Fsp3) is 0.811. The molecule has 11 atom stereocenters. The number of hydrogen-bond acceptors (Lipinski definition) is 17. The molecule has 0 unspecified atom stereocenters. The molecule has 2 saturated heterocycles. The first-order chi connectivity index (χ1) is 38.1. The van der Waals surface area contributed by atoms with E-state index in [0.717, 1.165) is 6.42 Å². The molecule has 2 fully saturated rings. The summed E-state index contributed by atoms with van der Waals surface area (Å²) in [6.07, 6.45) is 6.03. The fourth-order valence-corrected chi connectivity index (χ4v) is 9.57. The van der Waals surface area contributed by atoms with Gasteiger partial charge in [0.1, 0.15) is 54.4 Å². The number of aliphatic carboxylic acids is 1. The molecule has 27 nitrogen and oxygen atoms in total. The maximum Gasteiger partial charge on any atom is 0.326 e. The normalized spacial score (nSPS) is 18.5. The van der Waals surface area contributed by atoms with E-state index in [1.54, 1.807) is 0 Å². The topological polar surface area (TPSA) is 453 Å². The smallest absolute Gasteiger partial charge is 0.326 e. The number of aliphatic hydroxyl groups excluding tert-OH is 1. The molecule has 2 heterocycles. The lowest BCUT2D eigenvalue weighted by molar-refractivity contribution is -0.144.